The van der Waals surface area contributed by atoms with Gasteiger partial charge in [0.25, 0.3) is 0 Å². The molecule has 4 heteroatoms. The molecule has 0 amide bonds. The molecule has 78 valence electrons. The molecule has 0 aliphatic carbocycles. The van der Waals surface area contributed by atoms with Crippen LogP contribution in [-0.2, 0) is 13.5 Å². The van der Waals surface area contributed by atoms with Crippen LogP contribution in [0.3, 0.4) is 0 Å². The summed E-state index contributed by atoms with van der Waals surface area (Å²) in [4.78, 5) is 0. The lowest BCUT2D eigenvalue weighted by molar-refractivity contribution is 0.141. The van der Waals surface area contributed by atoms with Crippen LogP contribution in [0.1, 0.15) is 12.1 Å². The minimum Gasteiger partial charge on any atom is -0.396 e. The molecule has 4 nitrogen and oxygen atoms in total. The van der Waals surface area contributed by atoms with Gasteiger partial charge < -0.3 is 10.4 Å². The molecular weight excluding hydrogens is 178 g/mol. The Kier molecular flexibility index (Phi) is 2.56. The number of aliphatic hydroxyl groups is 1. The van der Waals surface area contributed by atoms with Gasteiger partial charge in [0.2, 0.25) is 0 Å². The van der Waals surface area contributed by atoms with Crippen molar-refractivity contribution in [2.24, 2.45) is 12.5 Å². The Balaban J connectivity index is 2.08. The predicted octanol–water partition coefficient (Wildman–Crippen LogP) is -0.0654. The maximum Gasteiger partial charge on any atom is 0.0631 e. The second-order valence-electron chi connectivity index (χ2n) is 4.24. The van der Waals surface area contributed by atoms with E-state index in [9.17, 15) is 5.11 Å². The summed E-state index contributed by atoms with van der Waals surface area (Å²) in [6, 6.07) is 2.02. The summed E-state index contributed by atoms with van der Waals surface area (Å²) in [5, 5.41) is 17.1. The number of aliphatic hydroxyl groups excluding tert-OH is 1. The minimum absolute atomic E-state index is 0.0222. The summed E-state index contributed by atoms with van der Waals surface area (Å²) in [5.74, 6) is 0. The molecule has 1 aliphatic rings. The van der Waals surface area contributed by atoms with Crippen molar-refractivity contribution < 1.29 is 5.11 Å². The fourth-order valence-electron chi connectivity index (χ4n) is 2.08. The summed E-state index contributed by atoms with van der Waals surface area (Å²) < 4.78 is 1.81. The zero-order valence-electron chi connectivity index (χ0n) is 8.53. The summed E-state index contributed by atoms with van der Waals surface area (Å²) >= 11 is 0. The third kappa shape index (κ3) is 1.81. The number of rotatable bonds is 3. The van der Waals surface area contributed by atoms with Crippen LogP contribution < -0.4 is 5.32 Å². The molecule has 1 aromatic heterocycles. The molecular formula is C10H17N3O. The minimum atomic E-state index is 0.0222. The third-order valence-electron chi connectivity index (χ3n) is 2.99. The molecule has 1 unspecified atom stereocenters. The lowest BCUT2D eigenvalue weighted by Gasteiger charge is -2.24. The van der Waals surface area contributed by atoms with E-state index in [1.54, 1.807) is 0 Å². The molecule has 2 rings (SSSR count). The van der Waals surface area contributed by atoms with Crippen LogP contribution in [0.2, 0.25) is 0 Å². The third-order valence-corrected chi connectivity index (χ3v) is 2.99. The Morgan fingerprint density at radius 3 is 3.07 bits per heavy atom. The van der Waals surface area contributed by atoms with Crippen molar-refractivity contribution in [2.75, 3.05) is 19.7 Å². The standard InChI is InChI=1S/C10H17N3O/c1-13-5-2-9(12-13)6-10(8-14)3-4-11-7-10/h2,5,11,14H,3-4,6-8H2,1H3. The first-order chi connectivity index (χ1) is 6.74. The average molecular weight is 195 g/mol. The van der Waals surface area contributed by atoms with E-state index in [1.165, 1.54) is 0 Å². The quantitative estimate of drug-likeness (QED) is 0.710. The van der Waals surface area contributed by atoms with Gasteiger partial charge in [0.1, 0.15) is 0 Å². The number of aromatic nitrogens is 2. The normalized spacial score (nSPS) is 27.0. The monoisotopic (exact) mass is 195 g/mol. The van der Waals surface area contributed by atoms with Gasteiger partial charge in [0, 0.05) is 31.6 Å². The van der Waals surface area contributed by atoms with Gasteiger partial charge in [-0.1, -0.05) is 0 Å². The van der Waals surface area contributed by atoms with Gasteiger partial charge in [-0.3, -0.25) is 4.68 Å². The first kappa shape index (κ1) is 9.68. The summed E-state index contributed by atoms with van der Waals surface area (Å²) in [5.41, 5.74) is 1.10. The van der Waals surface area contributed by atoms with Gasteiger partial charge >= 0.3 is 0 Å². The molecule has 2 N–H and O–H groups in total. The number of aryl methyl sites for hydroxylation is 1. The molecule has 0 spiro atoms. The Bertz CT molecular complexity index is 302. The van der Waals surface area contributed by atoms with Gasteiger partial charge in [-0.15, -0.1) is 0 Å². The SMILES string of the molecule is Cn1ccc(CC2(CO)CCNC2)n1. The van der Waals surface area contributed by atoms with E-state index in [0.29, 0.717) is 0 Å². The number of nitrogens with one attached hydrogen (secondary N) is 1. The Morgan fingerprint density at radius 2 is 2.57 bits per heavy atom. The Labute approximate surface area is 83.9 Å². The van der Waals surface area contributed by atoms with Crippen molar-refractivity contribution >= 4 is 0 Å². The molecule has 1 fully saturated rings. The Hall–Kier alpha value is -0.870. The van der Waals surface area contributed by atoms with Crippen LogP contribution in [0.15, 0.2) is 12.3 Å². The molecule has 0 saturated carbocycles. The highest BCUT2D eigenvalue weighted by Crippen LogP contribution is 2.28. The predicted molar refractivity (Wildman–Crippen MR) is 53.9 cm³/mol. The van der Waals surface area contributed by atoms with Crippen LogP contribution >= 0.6 is 0 Å². The topological polar surface area (TPSA) is 50.1 Å². The molecule has 1 aliphatic heterocycles. The van der Waals surface area contributed by atoms with Crippen molar-refractivity contribution in [3.8, 4) is 0 Å². The number of hydrogen-bond acceptors (Lipinski definition) is 3. The van der Waals surface area contributed by atoms with E-state index in [4.69, 9.17) is 0 Å². The van der Waals surface area contributed by atoms with E-state index in [0.717, 1.165) is 31.6 Å². The second-order valence-corrected chi connectivity index (χ2v) is 4.24. The van der Waals surface area contributed by atoms with Crippen molar-refractivity contribution in [1.82, 2.24) is 15.1 Å². The van der Waals surface area contributed by atoms with Gasteiger partial charge in [-0.25, -0.2) is 0 Å². The molecule has 1 atom stereocenters. The smallest absolute Gasteiger partial charge is 0.0631 e. The molecule has 1 aromatic rings. The fourth-order valence-corrected chi connectivity index (χ4v) is 2.08. The van der Waals surface area contributed by atoms with E-state index in [1.807, 2.05) is 24.0 Å². The van der Waals surface area contributed by atoms with Gasteiger partial charge in [0.05, 0.1) is 12.3 Å². The summed E-state index contributed by atoms with van der Waals surface area (Å²) in [6.45, 7) is 2.16. The molecule has 2 heterocycles. The highest BCUT2D eigenvalue weighted by Gasteiger charge is 2.33. The van der Waals surface area contributed by atoms with Crippen molar-refractivity contribution in [1.29, 1.82) is 0 Å². The van der Waals surface area contributed by atoms with Gasteiger partial charge in [-0.05, 0) is 19.0 Å². The zero-order chi connectivity index (χ0) is 10.0. The molecule has 0 radical (unpaired) electrons. The fraction of sp³-hybridized carbons (Fsp3) is 0.700. The first-order valence-electron chi connectivity index (χ1n) is 5.04. The van der Waals surface area contributed by atoms with Crippen molar-refractivity contribution in [3.63, 3.8) is 0 Å². The molecule has 14 heavy (non-hydrogen) atoms. The van der Waals surface area contributed by atoms with E-state index < -0.39 is 0 Å². The van der Waals surface area contributed by atoms with Gasteiger partial charge in [0.15, 0.2) is 0 Å². The lowest BCUT2D eigenvalue weighted by atomic mass is 9.83. The first-order valence-corrected chi connectivity index (χ1v) is 5.04. The Morgan fingerprint density at radius 1 is 1.71 bits per heavy atom. The maximum absolute atomic E-state index is 9.41. The molecule has 1 saturated heterocycles. The van der Waals surface area contributed by atoms with Crippen LogP contribution in [0.5, 0.6) is 0 Å². The van der Waals surface area contributed by atoms with E-state index in [-0.39, 0.29) is 12.0 Å². The van der Waals surface area contributed by atoms with Crippen LogP contribution in [0.25, 0.3) is 0 Å². The van der Waals surface area contributed by atoms with Crippen LogP contribution in [0, 0.1) is 5.41 Å². The lowest BCUT2D eigenvalue weighted by Crippen LogP contribution is -2.30. The summed E-state index contributed by atoms with van der Waals surface area (Å²) in [6.07, 6.45) is 3.86. The second kappa shape index (κ2) is 3.71. The van der Waals surface area contributed by atoms with E-state index >= 15 is 0 Å². The number of hydrogen-bond donors (Lipinski definition) is 2. The van der Waals surface area contributed by atoms with Gasteiger partial charge in [-0.2, -0.15) is 5.10 Å². The molecule has 0 aromatic carbocycles. The maximum atomic E-state index is 9.41. The number of nitrogens with zero attached hydrogens (tertiary/aromatic N) is 2. The largest absolute Gasteiger partial charge is 0.396 e. The average Bonchev–Trinajstić information content (AvgIpc) is 2.77. The molecule has 0 bridgehead atoms. The van der Waals surface area contributed by atoms with Crippen LogP contribution in [-0.4, -0.2) is 34.6 Å². The van der Waals surface area contributed by atoms with Crippen molar-refractivity contribution in [2.45, 2.75) is 12.8 Å². The highest BCUT2D eigenvalue weighted by atomic mass is 16.3. The summed E-state index contributed by atoms with van der Waals surface area (Å²) in [7, 11) is 1.92. The highest BCUT2D eigenvalue weighted by molar-refractivity contribution is 5.05. The van der Waals surface area contributed by atoms with Crippen LogP contribution in [0.4, 0.5) is 0 Å². The zero-order valence-corrected chi connectivity index (χ0v) is 8.53. The van der Waals surface area contributed by atoms with Crippen molar-refractivity contribution in [3.05, 3.63) is 18.0 Å². The van der Waals surface area contributed by atoms with E-state index in [2.05, 4.69) is 10.4 Å².